The SMILES string of the molecule is O=C1CCCc2cc(S(=O)(=O)N3CCCc4ncccc43)ccc21. The van der Waals surface area contributed by atoms with Crippen molar-refractivity contribution in [3.8, 4) is 0 Å². The van der Waals surface area contributed by atoms with Crippen molar-refractivity contribution in [2.24, 2.45) is 0 Å². The van der Waals surface area contributed by atoms with Crippen LogP contribution in [0.4, 0.5) is 5.69 Å². The maximum Gasteiger partial charge on any atom is 0.264 e. The zero-order valence-electron chi connectivity index (χ0n) is 13.2. The normalized spacial score (nSPS) is 17.3. The van der Waals surface area contributed by atoms with E-state index >= 15 is 0 Å². The molecule has 1 aliphatic carbocycles. The molecule has 2 aliphatic rings. The van der Waals surface area contributed by atoms with Gasteiger partial charge in [-0.05, 0) is 61.6 Å². The molecular weight excluding hydrogens is 324 g/mol. The highest BCUT2D eigenvalue weighted by Crippen LogP contribution is 2.32. The molecule has 24 heavy (non-hydrogen) atoms. The lowest BCUT2D eigenvalue weighted by atomic mass is 9.91. The first-order chi connectivity index (χ1) is 11.6. The molecule has 1 aromatic heterocycles. The van der Waals surface area contributed by atoms with Gasteiger partial charge in [0, 0.05) is 24.7 Å². The maximum atomic E-state index is 13.1. The number of carbonyl (C=O) groups excluding carboxylic acids is 1. The average Bonchev–Trinajstić information content (AvgIpc) is 2.61. The molecule has 0 amide bonds. The first-order valence-corrected chi connectivity index (χ1v) is 9.64. The number of benzene rings is 1. The number of carbonyl (C=O) groups is 1. The van der Waals surface area contributed by atoms with Crippen molar-refractivity contribution in [3.05, 3.63) is 53.3 Å². The standard InChI is InChI=1S/C18H18N2O3S/c21-18-7-1-4-13-12-14(8-9-15(13)18)24(22,23)20-11-3-5-16-17(20)6-2-10-19-16/h2,6,8-10,12H,1,3-5,7,11H2. The van der Waals surface area contributed by atoms with Crippen molar-refractivity contribution < 1.29 is 13.2 Å². The Kier molecular flexibility index (Phi) is 3.64. The summed E-state index contributed by atoms with van der Waals surface area (Å²) >= 11 is 0. The van der Waals surface area contributed by atoms with E-state index in [0.717, 1.165) is 36.9 Å². The van der Waals surface area contributed by atoms with Gasteiger partial charge in [0.2, 0.25) is 0 Å². The fourth-order valence-electron chi connectivity index (χ4n) is 3.52. The van der Waals surface area contributed by atoms with Crippen LogP contribution in [0.3, 0.4) is 0 Å². The first kappa shape index (κ1) is 15.3. The number of nitrogens with zero attached hydrogens (tertiary/aromatic N) is 2. The summed E-state index contributed by atoms with van der Waals surface area (Å²) in [5.41, 5.74) is 3.00. The van der Waals surface area contributed by atoms with Gasteiger partial charge in [0.1, 0.15) is 0 Å². The molecule has 0 bridgehead atoms. The van der Waals surface area contributed by atoms with Crippen molar-refractivity contribution in [3.63, 3.8) is 0 Å². The Hall–Kier alpha value is -2.21. The van der Waals surface area contributed by atoms with E-state index in [0.29, 0.717) is 24.2 Å². The third-order valence-electron chi connectivity index (χ3n) is 4.72. The van der Waals surface area contributed by atoms with Gasteiger partial charge < -0.3 is 0 Å². The largest absolute Gasteiger partial charge is 0.294 e. The summed E-state index contributed by atoms with van der Waals surface area (Å²) in [6, 6.07) is 8.46. The Labute approximate surface area is 141 Å². The zero-order chi connectivity index (χ0) is 16.7. The number of hydrogen-bond donors (Lipinski definition) is 0. The van der Waals surface area contributed by atoms with E-state index in [2.05, 4.69) is 4.98 Å². The van der Waals surface area contributed by atoms with Crippen molar-refractivity contribution in [1.29, 1.82) is 0 Å². The molecular formula is C18H18N2O3S. The van der Waals surface area contributed by atoms with Crippen molar-refractivity contribution in [2.75, 3.05) is 10.8 Å². The van der Waals surface area contributed by atoms with Gasteiger partial charge in [0.05, 0.1) is 16.3 Å². The Bertz CT molecular complexity index is 922. The van der Waals surface area contributed by atoms with E-state index in [1.165, 1.54) is 4.31 Å². The number of anilines is 1. The molecule has 0 unspecified atom stereocenters. The monoisotopic (exact) mass is 342 g/mol. The molecule has 0 saturated carbocycles. The summed E-state index contributed by atoms with van der Waals surface area (Å²) in [5.74, 6) is 0.104. The molecule has 0 fully saturated rings. The van der Waals surface area contributed by atoms with Crippen LogP contribution in [-0.4, -0.2) is 25.7 Å². The lowest BCUT2D eigenvalue weighted by Gasteiger charge is -2.30. The number of rotatable bonds is 2. The second-order valence-electron chi connectivity index (χ2n) is 6.25. The molecule has 0 radical (unpaired) electrons. The van der Waals surface area contributed by atoms with Gasteiger partial charge in [-0.3, -0.25) is 14.1 Å². The highest BCUT2D eigenvalue weighted by atomic mass is 32.2. The van der Waals surface area contributed by atoms with Crippen LogP contribution < -0.4 is 4.31 Å². The summed E-state index contributed by atoms with van der Waals surface area (Å²) in [6.07, 6.45) is 5.33. The third kappa shape index (κ3) is 2.41. The van der Waals surface area contributed by atoms with Gasteiger partial charge in [-0.2, -0.15) is 0 Å². The number of sulfonamides is 1. The summed E-state index contributed by atoms with van der Waals surface area (Å²) in [6.45, 7) is 0.455. The molecule has 5 nitrogen and oxygen atoms in total. The Morgan fingerprint density at radius 3 is 2.79 bits per heavy atom. The van der Waals surface area contributed by atoms with Gasteiger partial charge in [0.25, 0.3) is 10.0 Å². The molecule has 0 atom stereocenters. The maximum absolute atomic E-state index is 13.1. The van der Waals surface area contributed by atoms with Crippen LogP contribution in [0.1, 0.15) is 40.9 Å². The lowest BCUT2D eigenvalue weighted by molar-refractivity contribution is 0.0972. The van der Waals surface area contributed by atoms with E-state index in [9.17, 15) is 13.2 Å². The van der Waals surface area contributed by atoms with E-state index in [1.54, 1.807) is 36.5 Å². The Balaban J connectivity index is 1.78. The number of pyridine rings is 1. The zero-order valence-corrected chi connectivity index (χ0v) is 14.1. The first-order valence-electron chi connectivity index (χ1n) is 8.20. The van der Waals surface area contributed by atoms with Crippen LogP contribution in [-0.2, 0) is 22.9 Å². The molecule has 0 N–H and O–H groups in total. The van der Waals surface area contributed by atoms with E-state index in [-0.39, 0.29) is 10.7 Å². The molecule has 4 rings (SSSR count). The number of fused-ring (bicyclic) bond motifs is 2. The molecule has 0 saturated heterocycles. The number of aryl methyl sites for hydroxylation is 2. The lowest BCUT2D eigenvalue weighted by Crippen LogP contribution is -2.36. The minimum Gasteiger partial charge on any atom is -0.294 e. The molecule has 124 valence electrons. The summed E-state index contributed by atoms with van der Waals surface area (Å²) in [5, 5.41) is 0. The van der Waals surface area contributed by atoms with Gasteiger partial charge >= 0.3 is 0 Å². The molecule has 0 spiro atoms. The molecule has 2 aromatic rings. The van der Waals surface area contributed by atoms with Crippen LogP contribution >= 0.6 is 0 Å². The second kappa shape index (κ2) is 5.70. The van der Waals surface area contributed by atoms with E-state index < -0.39 is 10.0 Å². The van der Waals surface area contributed by atoms with Gasteiger partial charge in [0.15, 0.2) is 5.78 Å². The quantitative estimate of drug-likeness (QED) is 0.842. The molecule has 1 aliphatic heterocycles. The highest BCUT2D eigenvalue weighted by molar-refractivity contribution is 7.92. The Morgan fingerprint density at radius 2 is 1.92 bits per heavy atom. The third-order valence-corrected chi connectivity index (χ3v) is 6.53. The number of ketones is 1. The smallest absolute Gasteiger partial charge is 0.264 e. The van der Waals surface area contributed by atoms with Crippen molar-refractivity contribution in [1.82, 2.24) is 4.98 Å². The molecule has 2 heterocycles. The van der Waals surface area contributed by atoms with Gasteiger partial charge in [-0.1, -0.05) is 0 Å². The molecule has 6 heteroatoms. The van der Waals surface area contributed by atoms with Crippen LogP contribution in [0.25, 0.3) is 0 Å². The van der Waals surface area contributed by atoms with E-state index in [4.69, 9.17) is 0 Å². The van der Waals surface area contributed by atoms with Crippen molar-refractivity contribution >= 4 is 21.5 Å². The minimum absolute atomic E-state index is 0.104. The Morgan fingerprint density at radius 1 is 1.04 bits per heavy atom. The second-order valence-corrected chi connectivity index (χ2v) is 8.11. The van der Waals surface area contributed by atoms with E-state index in [1.807, 2.05) is 0 Å². The number of Topliss-reactive ketones (excluding diaryl/α,β-unsaturated/α-hetero) is 1. The van der Waals surface area contributed by atoms with Gasteiger partial charge in [-0.25, -0.2) is 8.42 Å². The fourth-order valence-corrected chi connectivity index (χ4v) is 5.10. The summed E-state index contributed by atoms with van der Waals surface area (Å²) < 4.78 is 27.7. The fraction of sp³-hybridized carbons (Fsp3) is 0.333. The highest BCUT2D eigenvalue weighted by Gasteiger charge is 2.30. The van der Waals surface area contributed by atoms with Crippen LogP contribution in [0.2, 0.25) is 0 Å². The number of aromatic nitrogens is 1. The van der Waals surface area contributed by atoms with Crippen LogP contribution in [0.5, 0.6) is 0 Å². The molecule has 1 aromatic carbocycles. The average molecular weight is 342 g/mol. The minimum atomic E-state index is -3.64. The predicted octanol–water partition coefficient (Wildman–Crippen LogP) is 2.74. The van der Waals surface area contributed by atoms with Gasteiger partial charge in [-0.15, -0.1) is 0 Å². The summed E-state index contributed by atoms with van der Waals surface area (Å²) in [7, 11) is -3.64. The summed E-state index contributed by atoms with van der Waals surface area (Å²) in [4.78, 5) is 16.5. The van der Waals surface area contributed by atoms with Crippen molar-refractivity contribution in [2.45, 2.75) is 37.0 Å². The topological polar surface area (TPSA) is 67.3 Å². The predicted molar refractivity (Wildman–Crippen MR) is 90.8 cm³/mol. The van der Waals surface area contributed by atoms with Crippen LogP contribution in [0, 0.1) is 0 Å². The number of hydrogen-bond acceptors (Lipinski definition) is 4. The van der Waals surface area contributed by atoms with Crippen LogP contribution in [0.15, 0.2) is 41.4 Å².